The maximum atomic E-state index is 11.7. The van der Waals surface area contributed by atoms with E-state index in [0.29, 0.717) is 5.69 Å². The number of nitrogens with zero attached hydrogens (tertiary/aromatic N) is 1. The van der Waals surface area contributed by atoms with Gasteiger partial charge in [0.25, 0.3) is 5.43 Å². The van der Waals surface area contributed by atoms with Gasteiger partial charge in [-0.2, -0.15) is 0 Å². The van der Waals surface area contributed by atoms with E-state index in [1.165, 1.54) is 12.1 Å². The Morgan fingerprint density at radius 1 is 1.05 bits per heavy atom. The van der Waals surface area contributed by atoms with Crippen LogP contribution in [0.15, 0.2) is 21.7 Å². The predicted octanol–water partition coefficient (Wildman–Crippen LogP) is 0.825. The highest BCUT2D eigenvalue weighted by molar-refractivity contribution is 5.85. The first-order valence-electron chi connectivity index (χ1n) is 6.08. The highest BCUT2D eigenvalue weighted by Crippen LogP contribution is 2.42. The standard InChI is InChI=1S/C14H15NO5/c1-4-20-14-11(12(18)13(14)19)10-8(16)5-7(15(2)3)6-9(10)17/h5-6,16-17H,4H2,1-3H3. The van der Waals surface area contributed by atoms with Crippen molar-refractivity contribution in [2.24, 2.45) is 0 Å². The topological polar surface area (TPSA) is 87.1 Å². The molecular formula is C14H15NO5. The minimum Gasteiger partial charge on any atom is -0.507 e. The highest BCUT2D eigenvalue weighted by atomic mass is 16.5. The molecule has 0 bridgehead atoms. The molecule has 0 atom stereocenters. The summed E-state index contributed by atoms with van der Waals surface area (Å²) < 4.78 is 5.09. The summed E-state index contributed by atoms with van der Waals surface area (Å²) in [5.74, 6) is -0.663. The number of benzene rings is 1. The molecule has 0 amide bonds. The molecule has 0 spiro atoms. The summed E-state index contributed by atoms with van der Waals surface area (Å²) in [6.07, 6.45) is 0. The molecule has 2 N–H and O–H groups in total. The largest absolute Gasteiger partial charge is 0.507 e. The molecule has 0 heterocycles. The van der Waals surface area contributed by atoms with Crippen molar-refractivity contribution in [1.82, 2.24) is 0 Å². The molecule has 106 valence electrons. The Kier molecular flexibility index (Phi) is 3.40. The van der Waals surface area contributed by atoms with Gasteiger partial charge >= 0.3 is 0 Å². The molecule has 0 aliphatic carbocycles. The zero-order chi connectivity index (χ0) is 15.0. The molecule has 0 unspecified atom stereocenters. The molecule has 0 radical (unpaired) electrons. The summed E-state index contributed by atoms with van der Waals surface area (Å²) in [4.78, 5) is 24.8. The van der Waals surface area contributed by atoms with Gasteiger partial charge in [0.05, 0.1) is 17.7 Å². The number of phenols is 2. The van der Waals surface area contributed by atoms with Crippen LogP contribution >= 0.6 is 0 Å². The Hall–Kier alpha value is -2.50. The Morgan fingerprint density at radius 3 is 2.05 bits per heavy atom. The summed E-state index contributed by atoms with van der Waals surface area (Å²) >= 11 is 0. The summed E-state index contributed by atoms with van der Waals surface area (Å²) in [6.45, 7) is 1.89. The average molecular weight is 277 g/mol. The van der Waals surface area contributed by atoms with Crippen LogP contribution in [0.1, 0.15) is 6.92 Å². The van der Waals surface area contributed by atoms with E-state index in [1.807, 2.05) is 0 Å². The second-order valence-corrected chi connectivity index (χ2v) is 4.55. The minimum absolute atomic E-state index is 0.0661. The van der Waals surface area contributed by atoms with E-state index in [2.05, 4.69) is 0 Å². The van der Waals surface area contributed by atoms with Gasteiger partial charge < -0.3 is 19.8 Å². The van der Waals surface area contributed by atoms with Crippen molar-refractivity contribution in [3.63, 3.8) is 0 Å². The fourth-order valence-corrected chi connectivity index (χ4v) is 1.99. The molecule has 0 saturated heterocycles. The van der Waals surface area contributed by atoms with Crippen LogP contribution in [0.25, 0.3) is 11.1 Å². The van der Waals surface area contributed by atoms with Gasteiger partial charge in [-0.3, -0.25) is 9.59 Å². The van der Waals surface area contributed by atoms with Gasteiger partial charge in [0.2, 0.25) is 5.43 Å². The monoisotopic (exact) mass is 277 g/mol. The zero-order valence-corrected chi connectivity index (χ0v) is 11.4. The molecule has 0 saturated carbocycles. The van der Waals surface area contributed by atoms with E-state index >= 15 is 0 Å². The maximum absolute atomic E-state index is 11.7. The number of phenolic OH excluding ortho intramolecular Hbond substituents is 2. The lowest BCUT2D eigenvalue weighted by molar-refractivity contribution is 0.334. The third kappa shape index (κ3) is 1.99. The molecule has 2 aromatic carbocycles. The van der Waals surface area contributed by atoms with E-state index in [0.717, 1.165) is 0 Å². The van der Waals surface area contributed by atoms with Crippen LogP contribution in [0.4, 0.5) is 5.69 Å². The van der Waals surface area contributed by atoms with Crippen LogP contribution in [0, 0.1) is 0 Å². The molecular weight excluding hydrogens is 262 g/mol. The van der Waals surface area contributed by atoms with Crippen molar-refractivity contribution in [2.45, 2.75) is 6.92 Å². The smallest absolute Gasteiger partial charge is 0.268 e. The van der Waals surface area contributed by atoms with E-state index in [1.54, 1.807) is 25.9 Å². The van der Waals surface area contributed by atoms with Crippen molar-refractivity contribution in [1.29, 1.82) is 0 Å². The molecule has 2 aromatic rings. The third-order valence-electron chi connectivity index (χ3n) is 3.00. The van der Waals surface area contributed by atoms with Gasteiger partial charge in [-0.15, -0.1) is 0 Å². The third-order valence-corrected chi connectivity index (χ3v) is 3.00. The van der Waals surface area contributed by atoms with Gasteiger partial charge in [0, 0.05) is 31.9 Å². The average Bonchev–Trinajstić information content (AvgIpc) is 2.40. The van der Waals surface area contributed by atoms with E-state index < -0.39 is 10.9 Å². The number of anilines is 1. The lowest BCUT2D eigenvalue weighted by Crippen LogP contribution is -2.34. The molecule has 6 heteroatoms. The lowest BCUT2D eigenvalue weighted by atomic mass is 9.97. The van der Waals surface area contributed by atoms with Crippen LogP contribution in [0.3, 0.4) is 0 Å². The summed E-state index contributed by atoms with van der Waals surface area (Å²) in [5.41, 5.74) is -1.07. The SMILES string of the molecule is CCOc1c(-c2c(O)cc(N(C)C)cc2O)c(=O)c1=O. The second kappa shape index (κ2) is 4.88. The van der Waals surface area contributed by atoms with E-state index in [-0.39, 0.29) is 35.0 Å². The van der Waals surface area contributed by atoms with Crippen molar-refractivity contribution in [2.75, 3.05) is 25.6 Å². The van der Waals surface area contributed by atoms with Gasteiger partial charge in [-0.05, 0) is 6.92 Å². The van der Waals surface area contributed by atoms with E-state index in [4.69, 9.17) is 4.74 Å². The van der Waals surface area contributed by atoms with Crippen LogP contribution in [0.5, 0.6) is 17.2 Å². The number of rotatable bonds is 4. The summed E-state index contributed by atoms with van der Waals surface area (Å²) in [6, 6.07) is 2.81. The predicted molar refractivity (Wildman–Crippen MR) is 75.6 cm³/mol. The summed E-state index contributed by atoms with van der Waals surface area (Å²) in [7, 11) is 3.49. The van der Waals surface area contributed by atoms with Crippen LogP contribution in [-0.2, 0) is 0 Å². The zero-order valence-electron chi connectivity index (χ0n) is 11.4. The molecule has 0 fully saturated rings. The van der Waals surface area contributed by atoms with Gasteiger partial charge in [0.1, 0.15) is 11.5 Å². The molecule has 20 heavy (non-hydrogen) atoms. The Labute approximate surface area is 115 Å². The van der Waals surface area contributed by atoms with Crippen molar-refractivity contribution < 1.29 is 14.9 Å². The summed E-state index contributed by atoms with van der Waals surface area (Å²) in [5, 5.41) is 20.0. The molecule has 0 aromatic heterocycles. The molecule has 6 nitrogen and oxygen atoms in total. The van der Waals surface area contributed by atoms with Crippen LogP contribution < -0.4 is 20.5 Å². The number of aromatic hydroxyl groups is 2. The number of ether oxygens (including phenoxy) is 1. The quantitative estimate of drug-likeness (QED) is 0.805. The maximum Gasteiger partial charge on any atom is 0.268 e. The van der Waals surface area contributed by atoms with Crippen LogP contribution in [0.2, 0.25) is 0 Å². The van der Waals surface area contributed by atoms with Crippen molar-refractivity contribution in [3.8, 4) is 28.4 Å². The molecule has 2 rings (SSSR count). The van der Waals surface area contributed by atoms with Crippen molar-refractivity contribution in [3.05, 3.63) is 32.6 Å². The second-order valence-electron chi connectivity index (χ2n) is 4.55. The van der Waals surface area contributed by atoms with E-state index in [9.17, 15) is 19.8 Å². The Morgan fingerprint density at radius 2 is 1.60 bits per heavy atom. The number of hydrogen-bond donors (Lipinski definition) is 2. The van der Waals surface area contributed by atoms with Crippen molar-refractivity contribution >= 4 is 5.69 Å². The fraction of sp³-hybridized carbons (Fsp3) is 0.286. The Bertz CT molecular complexity index is 703. The van der Waals surface area contributed by atoms with Gasteiger partial charge in [0.15, 0.2) is 5.75 Å². The van der Waals surface area contributed by atoms with Crippen LogP contribution in [-0.4, -0.2) is 30.9 Å². The first-order chi connectivity index (χ1) is 9.38. The normalized spacial score (nSPS) is 10.8. The van der Waals surface area contributed by atoms with Gasteiger partial charge in [-0.25, -0.2) is 0 Å². The molecule has 0 aliphatic heterocycles. The molecule has 0 aliphatic rings. The first-order valence-corrected chi connectivity index (χ1v) is 6.08. The first kappa shape index (κ1) is 13.9. The minimum atomic E-state index is -0.767. The van der Waals surface area contributed by atoms with Gasteiger partial charge in [-0.1, -0.05) is 0 Å². The highest BCUT2D eigenvalue weighted by Gasteiger charge is 2.28. The fourth-order valence-electron chi connectivity index (χ4n) is 1.99. The Balaban J connectivity index is 2.63. The lowest BCUT2D eigenvalue weighted by Gasteiger charge is -2.17. The number of hydrogen-bond acceptors (Lipinski definition) is 6.